The molecule has 0 atom stereocenters. The minimum atomic E-state index is -0.240. The molecule has 0 saturated heterocycles. The van der Waals surface area contributed by atoms with Crippen LogP contribution in [0.15, 0.2) is 53.6 Å². The van der Waals surface area contributed by atoms with Crippen molar-refractivity contribution in [3.63, 3.8) is 0 Å². The zero-order valence-electron chi connectivity index (χ0n) is 15.0. The molecule has 1 aromatic heterocycles. The third-order valence-electron chi connectivity index (χ3n) is 4.89. The van der Waals surface area contributed by atoms with Crippen molar-refractivity contribution >= 4 is 22.7 Å². The summed E-state index contributed by atoms with van der Waals surface area (Å²) in [6.07, 6.45) is 2.86. The van der Waals surface area contributed by atoms with Gasteiger partial charge >= 0.3 is 0 Å². The van der Waals surface area contributed by atoms with Crippen molar-refractivity contribution in [1.82, 2.24) is 14.5 Å². The standard InChI is InChI=1S/C21H19N3O3/c1-14-8-9-18-17(12-14)19(25)23(13-22-18)10-4-5-11-24-20(26)15-6-2-3-7-16(15)21(24)27/h2-3,6-9,12-13H,4-5,10-11H2,1H3. The van der Waals surface area contributed by atoms with E-state index < -0.39 is 0 Å². The maximum Gasteiger partial charge on any atom is 0.261 e. The Balaban J connectivity index is 1.41. The Morgan fingerprint density at radius 1 is 0.889 bits per heavy atom. The molecule has 27 heavy (non-hydrogen) atoms. The number of hydrogen-bond acceptors (Lipinski definition) is 4. The Morgan fingerprint density at radius 3 is 2.26 bits per heavy atom. The molecule has 0 aliphatic carbocycles. The Labute approximate surface area is 156 Å². The molecule has 2 amide bonds. The third kappa shape index (κ3) is 3.03. The van der Waals surface area contributed by atoms with Crippen molar-refractivity contribution in [2.45, 2.75) is 26.3 Å². The zero-order chi connectivity index (χ0) is 19.0. The lowest BCUT2D eigenvalue weighted by Gasteiger charge is -2.14. The smallest absolute Gasteiger partial charge is 0.261 e. The van der Waals surface area contributed by atoms with E-state index in [1.165, 1.54) is 4.90 Å². The molecule has 1 aliphatic rings. The summed E-state index contributed by atoms with van der Waals surface area (Å²) in [4.78, 5) is 42.9. The van der Waals surface area contributed by atoms with Crippen LogP contribution >= 0.6 is 0 Å². The largest absolute Gasteiger partial charge is 0.299 e. The van der Waals surface area contributed by atoms with Gasteiger partial charge in [-0.25, -0.2) is 4.98 Å². The van der Waals surface area contributed by atoms with Crippen LogP contribution in [0.5, 0.6) is 0 Å². The van der Waals surface area contributed by atoms with E-state index in [0.717, 1.165) is 5.56 Å². The molecule has 2 heterocycles. The maximum absolute atomic E-state index is 12.6. The molecule has 2 aromatic carbocycles. The molecule has 0 unspecified atom stereocenters. The van der Waals surface area contributed by atoms with Crippen molar-refractivity contribution in [3.05, 3.63) is 75.8 Å². The van der Waals surface area contributed by atoms with E-state index in [-0.39, 0.29) is 17.4 Å². The number of aromatic nitrogens is 2. The van der Waals surface area contributed by atoms with E-state index in [2.05, 4.69) is 4.98 Å². The van der Waals surface area contributed by atoms with Gasteiger partial charge in [-0.3, -0.25) is 23.9 Å². The molecular weight excluding hydrogens is 342 g/mol. The summed E-state index contributed by atoms with van der Waals surface area (Å²) in [5, 5.41) is 0.609. The van der Waals surface area contributed by atoms with Crippen molar-refractivity contribution in [2.75, 3.05) is 6.54 Å². The van der Waals surface area contributed by atoms with Gasteiger partial charge in [0.05, 0.1) is 28.4 Å². The summed E-state index contributed by atoms with van der Waals surface area (Å²) in [6, 6.07) is 12.5. The van der Waals surface area contributed by atoms with Crippen LogP contribution in [0.1, 0.15) is 39.1 Å². The molecular formula is C21H19N3O3. The number of rotatable bonds is 5. The molecule has 3 aromatic rings. The van der Waals surface area contributed by atoms with Gasteiger partial charge in [0, 0.05) is 13.1 Å². The van der Waals surface area contributed by atoms with E-state index in [1.807, 2.05) is 25.1 Å². The van der Waals surface area contributed by atoms with E-state index >= 15 is 0 Å². The summed E-state index contributed by atoms with van der Waals surface area (Å²) >= 11 is 0. The topological polar surface area (TPSA) is 72.3 Å². The van der Waals surface area contributed by atoms with Crippen LogP contribution in [0.25, 0.3) is 10.9 Å². The average molecular weight is 361 g/mol. The number of amides is 2. The molecule has 0 radical (unpaired) electrons. The van der Waals surface area contributed by atoms with Crippen LogP contribution in [0.4, 0.5) is 0 Å². The molecule has 0 spiro atoms. The van der Waals surface area contributed by atoms with Gasteiger partial charge in [0.15, 0.2) is 0 Å². The van der Waals surface area contributed by atoms with E-state index in [4.69, 9.17) is 0 Å². The van der Waals surface area contributed by atoms with E-state index in [0.29, 0.717) is 48.0 Å². The molecule has 1 aliphatic heterocycles. The second-order valence-electron chi connectivity index (χ2n) is 6.78. The van der Waals surface area contributed by atoms with Crippen LogP contribution in [0, 0.1) is 6.92 Å². The summed E-state index contributed by atoms with van der Waals surface area (Å²) in [7, 11) is 0. The first-order chi connectivity index (χ1) is 13.1. The molecule has 0 bridgehead atoms. The minimum absolute atomic E-state index is 0.0653. The molecule has 4 rings (SSSR count). The number of carbonyl (C=O) groups excluding carboxylic acids is 2. The SMILES string of the molecule is Cc1ccc2ncn(CCCCN3C(=O)c4ccccc4C3=O)c(=O)c2c1. The fourth-order valence-electron chi connectivity index (χ4n) is 3.43. The first-order valence-corrected chi connectivity index (χ1v) is 8.97. The highest BCUT2D eigenvalue weighted by atomic mass is 16.2. The fourth-order valence-corrected chi connectivity index (χ4v) is 3.43. The first kappa shape index (κ1) is 17.1. The maximum atomic E-state index is 12.6. The second-order valence-corrected chi connectivity index (χ2v) is 6.78. The monoisotopic (exact) mass is 361 g/mol. The number of fused-ring (bicyclic) bond motifs is 2. The van der Waals surface area contributed by atoms with Crippen LogP contribution < -0.4 is 5.56 Å². The predicted molar refractivity (Wildman–Crippen MR) is 102 cm³/mol. The number of imide groups is 1. The minimum Gasteiger partial charge on any atom is -0.299 e. The molecule has 0 saturated carbocycles. The van der Waals surface area contributed by atoms with Crippen LogP contribution in [0.3, 0.4) is 0 Å². The van der Waals surface area contributed by atoms with Crippen molar-refractivity contribution in [3.8, 4) is 0 Å². The van der Waals surface area contributed by atoms with Gasteiger partial charge < -0.3 is 0 Å². The van der Waals surface area contributed by atoms with Crippen molar-refractivity contribution in [1.29, 1.82) is 0 Å². The molecule has 136 valence electrons. The Bertz CT molecular complexity index is 1080. The van der Waals surface area contributed by atoms with Gasteiger partial charge in [-0.2, -0.15) is 0 Å². The summed E-state index contributed by atoms with van der Waals surface area (Å²) < 4.78 is 1.59. The quantitative estimate of drug-likeness (QED) is 0.517. The van der Waals surface area contributed by atoms with Crippen LogP contribution in [0.2, 0.25) is 0 Å². The normalized spacial score (nSPS) is 13.4. The van der Waals surface area contributed by atoms with E-state index in [9.17, 15) is 14.4 Å². The highest BCUT2D eigenvalue weighted by Crippen LogP contribution is 2.22. The average Bonchev–Trinajstić information content (AvgIpc) is 2.92. The Kier molecular flexibility index (Phi) is 4.32. The zero-order valence-corrected chi connectivity index (χ0v) is 15.0. The molecule has 0 fully saturated rings. The first-order valence-electron chi connectivity index (χ1n) is 8.97. The number of hydrogen-bond donors (Lipinski definition) is 0. The highest BCUT2D eigenvalue weighted by Gasteiger charge is 2.34. The summed E-state index contributed by atoms with van der Waals surface area (Å²) in [5.74, 6) is -0.480. The lowest BCUT2D eigenvalue weighted by molar-refractivity contribution is 0.0651. The lowest BCUT2D eigenvalue weighted by Crippen LogP contribution is -2.31. The van der Waals surface area contributed by atoms with Crippen LogP contribution in [-0.2, 0) is 6.54 Å². The van der Waals surface area contributed by atoms with Crippen LogP contribution in [-0.4, -0.2) is 32.8 Å². The molecule has 6 heteroatoms. The van der Waals surface area contributed by atoms with Gasteiger partial charge in [0.25, 0.3) is 17.4 Å². The number of carbonyl (C=O) groups is 2. The number of benzene rings is 2. The Morgan fingerprint density at radius 2 is 1.56 bits per heavy atom. The predicted octanol–water partition coefficient (Wildman–Crippen LogP) is 2.78. The van der Waals surface area contributed by atoms with Crippen molar-refractivity contribution < 1.29 is 9.59 Å². The molecule has 0 N–H and O–H groups in total. The highest BCUT2D eigenvalue weighted by molar-refractivity contribution is 6.21. The fraction of sp³-hybridized carbons (Fsp3) is 0.238. The second kappa shape index (κ2) is 6.79. The van der Waals surface area contributed by atoms with Gasteiger partial charge in [0.1, 0.15) is 0 Å². The number of unbranched alkanes of at least 4 members (excludes halogenated alkanes) is 1. The van der Waals surface area contributed by atoms with Gasteiger partial charge in [-0.05, 0) is 44.0 Å². The Hall–Kier alpha value is -3.28. The third-order valence-corrected chi connectivity index (χ3v) is 4.89. The van der Waals surface area contributed by atoms with Gasteiger partial charge in [-0.15, -0.1) is 0 Å². The lowest BCUT2D eigenvalue weighted by atomic mass is 10.1. The van der Waals surface area contributed by atoms with Crippen molar-refractivity contribution in [2.24, 2.45) is 0 Å². The number of aryl methyl sites for hydroxylation is 2. The van der Waals surface area contributed by atoms with Gasteiger partial charge in [-0.1, -0.05) is 23.8 Å². The molecule has 6 nitrogen and oxygen atoms in total. The van der Waals surface area contributed by atoms with Gasteiger partial charge in [0.2, 0.25) is 0 Å². The number of nitrogens with zero attached hydrogens (tertiary/aromatic N) is 3. The summed E-state index contributed by atoms with van der Waals surface area (Å²) in [5.41, 5.74) is 2.57. The summed E-state index contributed by atoms with van der Waals surface area (Å²) in [6.45, 7) is 2.79. The van der Waals surface area contributed by atoms with E-state index in [1.54, 1.807) is 35.2 Å².